The molecule has 2 rings (SSSR count). The van der Waals surface area contributed by atoms with Gasteiger partial charge in [-0.1, -0.05) is 12.1 Å². The van der Waals surface area contributed by atoms with Crippen molar-refractivity contribution in [3.63, 3.8) is 0 Å². The number of hydrogen-bond acceptors (Lipinski definition) is 6. The van der Waals surface area contributed by atoms with Gasteiger partial charge in [0.15, 0.2) is 0 Å². The van der Waals surface area contributed by atoms with E-state index >= 15 is 0 Å². The molecule has 0 spiro atoms. The third-order valence-corrected chi connectivity index (χ3v) is 2.89. The van der Waals surface area contributed by atoms with Gasteiger partial charge in [0.05, 0.1) is 12.0 Å². The minimum Gasteiger partial charge on any atom is -0.481 e. The standard InChI is InChI=1S/C14H16N4O3/c1-10-16-13(9-14(17-10)21-2)15-8-7-11-3-5-12(6-4-11)18(19)20/h3-6,9H,7-8H2,1-2H3,(H,15,16,17). The lowest BCUT2D eigenvalue weighted by Crippen LogP contribution is -2.08. The van der Waals surface area contributed by atoms with Crippen LogP contribution in [-0.4, -0.2) is 28.5 Å². The minimum atomic E-state index is -0.405. The molecule has 0 radical (unpaired) electrons. The predicted molar refractivity (Wildman–Crippen MR) is 78.6 cm³/mol. The first-order valence-corrected chi connectivity index (χ1v) is 6.45. The van der Waals surface area contributed by atoms with Gasteiger partial charge < -0.3 is 10.1 Å². The van der Waals surface area contributed by atoms with Crippen LogP contribution in [0.4, 0.5) is 11.5 Å². The maximum atomic E-state index is 10.6. The number of anilines is 1. The van der Waals surface area contributed by atoms with Gasteiger partial charge in [-0.3, -0.25) is 10.1 Å². The number of rotatable bonds is 6. The lowest BCUT2D eigenvalue weighted by atomic mass is 10.1. The Balaban J connectivity index is 1.92. The maximum Gasteiger partial charge on any atom is 0.269 e. The molecule has 0 aliphatic rings. The van der Waals surface area contributed by atoms with Crippen molar-refractivity contribution in [2.45, 2.75) is 13.3 Å². The third kappa shape index (κ3) is 4.13. The summed E-state index contributed by atoms with van der Waals surface area (Å²) in [5.41, 5.74) is 1.12. The van der Waals surface area contributed by atoms with Gasteiger partial charge in [0, 0.05) is 24.7 Å². The van der Waals surface area contributed by atoms with Crippen molar-refractivity contribution < 1.29 is 9.66 Å². The van der Waals surface area contributed by atoms with Crippen molar-refractivity contribution >= 4 is 11.5 Å². The number of nitrogens with zero attached hydrogens (tertiary/aromatic N) is 3. The summed E-state index contributed by atoms with van der Waals surface area (Å²) in [4.78, 5) is 18.5. The van der Waals surface area contributed by atoms with Gasteiger partial charge >= 0.3 is 0 Å². The van der Waals surface area contributed by atoms with Crippen molar-refractivity contribution in [1.82, 2.24) is 9.97 Å². The van der Waals surface area contributed by atoms with Crippen molar-refractivity contribution in [2.75, 3.05) is 19.0 Å². The minimum absolute atomic E-state index is 0.0999. The number of ether oxygens (including phenoxy) is 1. The molecule has 0 aliphatic carbocycles. The van der Waals surface area contributed by atoms with E-state index in [0.29, 0.717) is 24.1 Å². The number of hydrogen-bond donors (Lipinski definition) is 1. The molecule has 2 aromatic rings. The molecule has 0 unspecified atom stereocenters. The van der Waals surface area contributed by atoms with Gasteiger partial charge in [-0.25, -0.2) is 4.98 Å². The average molecular weight is 288 g/mol. The largest absolute Gasteiger partial charge is 0.481 e. The summed E-state index contributed by atoms with van der Waals surface area (Å²) in [5, 5.41) is 13.8. The molecule has 1 N–H and O–H groups in total. The first-order valence-electron chi connectivity index (χ1n) is 6.45. The van der Waals surface area contributed by atoms with Crippen molar-refractivity contribution in [3.05, 3.63) is 51.8 Å². The Hall–Kier alpha value is -2.70. The summed E-state index contributed by atoms with van der Waals surface area (Å²) in [5.74, 6) is 1.84. The fraction of sp³-hybridized carbons (Fsp3) is 0.286. The molecule has 0 saturated heterocycles. The zero-order chi connectivity index (χ0) is 15.2. The van der Waals surface area contributed by atoms with Gasteiger partial charge in [0.25, 0.3) is 5.69 Å². The summed E-state index contributed by atoms with van der Waals surface area (Å²) in [6.07, 6.45) is 0.739. The molecule has 0 amide bonds. The molecular formula is C14H16N4O3. The van der Waals surface area contributed by atoms with E-state index in [0.717, 1.165) is 12.0 Å². The SMILES string of the molecule is COc1cc(NCCc2ccc([N+](=O)[O-])cc2)nc(C)n1. The molecule has 21 heavy (non-hydrogen) atoms. The van der Waals surface area contributed by atoms with Crippen LogP contribution < -0.4 is 10.1 Å². The molecule has 7 heteroatoms. The predicted octanol–water partition coefficient (Wildman–Crippen LogP) is 2.36. The normalized spacial score (nSPS) is 10.2. The van der Waals surface area contributed by atoms with Crippen molar-refractivity contribution in [2.24, 2.45) is 0 Å². The molecule has 110 valence electrons. The van der Waals surface area contributed by atoms with E-state index in [1.807, 2.05) is 0 Å². The number of benzene rings is 1. The lowest BCUT2D eigenvalue weighted by molar-refractivity contribution is -0.384. The summed E-state index contributed by atoms with van der Waals surface area (Å²) in [6.45, 7) is 2.46. The quantitative estimate of drug-likeness (QED) is 0.648. The summed E-state index contributed by atoms with van der Waals surface area (Å²) >= 11 is 0. The molecule has 0 aliphatic heterocycles. The first kappa shape index (κ1) is 14.7. The highest BCUT2D eigenvalue weighted by atomic mass is 16.6. The van der Waals surface area contributed by atoms with Crippen LogP contribution in [0.15, 0.2) is 30.3 Å². The lowest BCUT2D eigenvalue weighted by Gasteiger charge is -2.08. The highest BCUT2D eigenvalue weighted by molar-refractivity contribution is 5.39. The number of aryl methyl sites for hydroxylation is 1. The van der Waals surface area contributed by atoms with Crippen LogP contribution in [0.1, 0.15) is 11.4 Å². The Morgan fingerprint density at radius 3 is 2.62 bits per heavy atom. The van der Waals surface area contributed by atoms with Crippen LogP contribution in [0.2, 0.25) is 0 Å². The van der Waals surface area contributed by atoms with E-state index in [-0.39, 0.29) is 5.69 Å². The Kier molecular flexibility index (Phi) is 4.65. The second-order valence-corrected chi connectivity index (χ2v) is 4.44. The van der Waals surface area contributed by atoms with Gasteiger partial charge in [-0.2, -0.15) is 4.98 Å². The molecule has 0 saturated carbocycles. The topological polar surface area (TPSA) is 90.2 Å². The Morgan fingerprint density at radius 2 is 2.00 bits per heavy atom. The number of nitro benzene ring substituents is 1. The van der Waals surface area contributed by atoms with Crippen LogP contribution in [0, 0.1) is 17.0 Å². The van der Waals surface area contributed by atoms with E-state index in [2.05, 4.69) is 15.3 Å². The van der Waals surface area contributed by atoms with Crippen LogP contribution >= 0.6 is 0 Å². The van der Waals surface area contributed by atoms with E-state index in [1.165, 1.54) is 12.1 Å². The zero-order valence-electron chi connectivity index (χ0n) is 11.9. The van der Waals surface area contributed by atoms with Crippen molar-refractivity contribution in [1.29, 1.82) is 0 Å². The average Bonchev–Trinajstić information content (AvgIpc) is 2.47. The van der Waals surface area contributed by atoms with Crippen molar-refractivity contribution in [3.8, 4) is 5.88 Å². The fourth-order valence-corrected chi connectivity index (χ4v) is 1.85. The summed E-state index contributed by atoms with van der Waals surface area (Å²) in [6, 6.07) is 8.25. The monoisotopic (exact) mass is 288 g/mol. The second-order valence-electron chi connectivity index (χ2n) is 4.44. The number of non-ortho nitro benzene ring substituents is 1. The molecule has 0 bridgehead atoms. The van der Waals surface area contributed by atoms with Gasteiger partial charge in [0.1, 0.15) is 11.6 Å². The van der Waals surface area contributed by atoms with E-state index < -0.39 is 4.92 Å². The first-order chi connectivity index (χ1) is 10.1. The Labute approximate surface area is 122 Å². The van der Waals surface area contributed by atoms with Gasteiger partial charge in [-0.05, 0) is 18.9 Å². The number of nitrogens with one attached hydrogen (secondary N) is 1. The van der Waals surface area contributed by atoms with Crippen LogP contribution in [0.25, 0.3) is 0 Å². The molecule has 1 aromatic carbocycles. The molecule has 1 aromatic heterocycles. The highest BCUT2D eigenvalue weighted by Crippen LogP contribution is 2.14. The number of methoxy groups -OCH3 is 1. The maximum absolute atomic E-state index is 10.6. The summed E-state index contributed by atoms with van der Waals surface area (Å²) in [7, 11) is 1.56. The van der Waals surface area contributed by atoms with E-state index in [9.17, 15) is 10.1 Å². The van der Waals surface area contributed by atoms with Gasteiger partial charge in [-0.15, -0.1) is 0 Å². The third-order valence-electron chi connectivity index (χ3n) is 2.89. The Bertz CT molecular complexity index is 629. The van der Waals surface area contributed by atoms with Crippen LogP contribution in [0.5, 0.6) is 5.88 Å². The number of aromatic nitrogens is 2. The highest BCUT2D eigenvalue weighted by Gasteiger charge is 2.04. The molecule has 0 fully saturated rings. The molecule has 0 atom stereocenters. The molecular weight excluding hydrogens is 272 g/mol. The fourth-order valence-electron chi connectivity index (χ4n) is 1.85. The van der Waals surface area contributed by atoms with E-state index in [4.69, 9.17) is 4.74 Å². The molecule has 7 nitrogen and oxygen atoms in total. The number of nitro groups is 1. The van der Waals surface area contributed by atoms with Gasteiger partial charge in [0.2, 0.25) is 5.88 Å². The zero-order valence-corrected chi connectivity index (χ0v) is 11.9. The summed E-state index contributed by atoms with van der Waals surface area (Å²) < 4.78 is 5.08. The molecule has 1 heterocycles. The van der Waals surface area contributed by atoms with Crippen LogP contribution in [-0.2, 0) is 6.42 Å². The Morgan fingerprint density at radius 1 is 1.29 bits per heavy atom. The second kappa shape index (κ2) is 6.65. The van der Waals surface area contributed by atoms with Crippen LogP contribution in [0.3, 0.4) is 0 Å². The smallest absolute Gasteiger partial charge is 0.269 e. The van der Waals surface area contributed by atoms with E-state index in [1.54, 1.807) is 32.2 Å².